The minimum Gasteiger partial charge on any atom is -0.402 e. The Kier molecular flexibility index (Phi) is 5.75. The Morgan fingerprint density at radius 3 is 2.44 bits per heavy atom. The second-order valence-corrected chi connectivity index (χ2v) is 3.88. The zero-order chi connectivity index (χ0) is 12.8. The van der Waals surface area contributed by atoms with E-state index in [4.69, 9.17) is 11.5 Å². The molecule has 0 aromatic rings. The summed E-state index contributed by atoms with van der Waals surface area (Å²) in [6.07, 6.45) is 7.51. The molecule has 16 heavy (non-hydrogen) atoms. The smallest absolute Gasteiger partial charge is 0.181 e. The van der Waals surface area contributed by atoms with Gasteiger partial charge in [-0.2, -0.15) is 0 Å². The maximum Gasteiger partial charge on any atom is 0.181 e. The fraction of sp³-hybridized carbons (Fsp3) is 0.385. The maximum absolute atomic E-state index is 13.5. The van der Waals surface area contributed by atoms with Crippen LogP contribution in [0, 0.1) is 5.92 Å². The first-order valence-electron chi connectivity index (χ1n) is 5.20. The van der Waals surface area contributed by atoms with Gasteiger partial charge >= 0.3 is 0 Å². The van der Waals surface area contributed by atoms with E-state index < -0.39 is 5.79 Å². The van der Waals surface area contributed by atoms with Crippen LogP contribution in [0.25, 0.3) is 0 Å². The average molecular weight is 224 g/mol. The third-order valence-corrected chi connectivity index (χ3v) is 2.28. The molecule has 0 aliphatic carbocycles. The van der Waals surface area contributed by atoms with Crippen molar-refractivity contribution in [3.05, 3.63) is 48.7 Å². The molecule has 0 fully saturated rings. The van der Waals surface area contributed by atoms with Crippen LogP contribution in [0.1, 0.15) is 20.3 Å². The van der Waals surface area contributed by atoms with E-state index >= 15 is 0 Å². The predicted molar refractivity (Wildman–Crippen MR) is 68.2 cm³/mol. The maximum atomic E-state index is 13.5. The number of halogens is 1. The Hall–Kier alpha value is -1.35. The molecule has 0 aromatic heterocycles. The van der Waals surface area contributed by atoms with E-state index in [1.54, 1.807) is 31.2 Å². The van der Waals surface area contributed by atoms with Gasteiger partial charge in [-0.05, 0) is 25.8 Å². The minimum atomic E-state index is -1.83. The standard InChI is InChI=1S/C13H21FN2/c1-5-7-11(10(3)15)8-9-12(6-2)13(4,14)16/h5-6,8-9,11H,1,3,7,15-16H2,2,4H3/b9-8?,12-6+. The van der Waals surface area contributed by atoms with Crippen molar-refractivity contribution in [3.8, 4) is 0 Å². The third kappa shape index (κ3) is 4.94. The van der Waals surface area contributed by atoms with Gasteiger partial charge in [-0.3, -0.25) is 5.73 Å². The lowest BCUT2D eigenvalue weighted by Gasteiger charge is -2.16. The first kappa shape index (κ1) is 14.6. The molecule has 90 valence electrons. The monoisotopic (exact) mass is 224 g/mol. The van der Waals surface area contributed by atoms with Crippen LogP contribution in [0.15, 0.2) is 48.7 Å². The SMILES string of the molecule is C=CCC(C=C/C(=C\C)C(C)(N)F)C(=C)N. The molecule has 2 unspecified atom stereocenters. The van der Waals surface area contributed by atoms with Crippen LogP contribution in [-0.2, 0) is 0 Å². The van der Waals surface area contributed by atoms with E-state index in [1.807, 2.05) is 0 Å². The summed E-state index contributed by atoms with van der Waals surface area (Å²) in [5.41, 5.74) is 11.9. The molecule has 0 bridgehead atoms. The molecule has 0 heterocycles. The van der Waals surface area contributed by atoms with Crippen molar-refractivity contribution < 1.29 is 4.39 Å². The van der Waals surface area contributed by atoms with Crippen LogP contribution < -0.4 is 11.5 Å². The molecule has 0 saturated carbocycles. The first-order valence-corrected chi connectivity index (χ1v) is 5.20. The molecule has 0 radical (unpaired) electrons. The number of nitrogens with two attached hydrogens (primary N) is 2. The van der Waals surface area contributed by atoms with Gasteiger partial charge in [0.05, 0.1) is 0 Å². The summed E-state index contributed by atoms with van der Waals surface area (Å²) < 4.78 is 13.5. The molecule has 0 aromatic carbocycles. The van der Waals surface area contributed by atoms with Crippen molar-refractivity contribution >= 4 is 0 Å². The lowest BCUT2D eigenvalue weighted by Crippen LogP contribution is -2.31. The summed E-state index contributed by atoms with van der Waals surface area (Å²) in [7, 11) is 0. The molecule has 0 saturated heterocycles. The van der Waals surface area contributed by atoms with Crippen molar-refractivity contribution in [1.82, 2.24) is 0 Å². The molecule has 3 heteroatoms. The zero-order valence-electron chi connectivity index (χ0n) is 10.0. The second-order valence-electron chi connectivity index (χ2n) is 3.88. The van der Waals surface area contributed by atoms with E-state index in [-0.39, 0.29) is 5.92 Å². The van der Waals surface area contributed by atoms with Gasteiger partial charge in [0, 0.05) is 11.6 Å². The van der Waals surface area contributed by atoms with Crippen molar-refractivity contribution in [1.29, 1.82) is 0 Å². The Morgan fingerprint density at radius 2 is 2.12 bits per heavy atom. The highest BCUT2D eigenvalue weighted by molar-refractivity contribution is 5.28. The van der Waals surface area contributed by atoms with Crippen LogP contribution in [0.2, 0.25) is 0 Å². The number of allylic oxidation sites excluding steroid dienone is 3. The van der Waals surface area contributed by atoms with Gasteiger partial charge in [-0.1, -0.05) is 30.9 Å². The summed E-state index contributed by atoms with van der Waals surface area (Å²) >= 11 is 0. The highest BCUT2D eigenvalue weighted by Gasteiger charge is 2.19. The predicted octanol–water partition coefficient (Wildman–Crippen LogP) is 2.80. The van der Waals surface area contributed by atoms with Crippen LogP contribution in [-0.4, -0.2) is 5.79 Å². The van der Waals surface area contributed by atoms with Crippen LogP contribution >= 0.6 is 0 Å². The number of rotatable bonds is 6. The molecule has 2 atom stereocenters. The van der Waals surface area contributed by atoms with E-state index in [9.17, 15) is 4.39 Å². The van der Waals surface area contributed by atoms with Gasteiger partial charge < -0.3 is 5.73 Å². The van der Waals surface area contributed by atoms with Crippen molar-refractivity contribution in [2.75, 3.05) is 0 Å². The molecule has 2 nitrogen and oxygen atoms in total. The summed E-state index contributed by atoms with van der Waals surface area (Å²) in [5.74, 6) is -1.87. The minimum absolute atomic E-state index is 0.0326. The third-order valence-electron chi connectivity index (χ3n) is 2.28. The molecule has 0 aliphatic rings. The van der Waals surface area contributed by atoms with Crippen LogP contribution in [0.3, 0.4) is 0 Å². The van der Waals surface area contributed by atoms with E-state index in [0.29, 0.717) is 17.7 Å². The molecule has 0 amide bonds. The number of hydrogen-bond acceptors (Lipinski definition) is 2. The molecular formula is C13H21FN2. The lowest BCUT2D eigenvalue weighted by molar-refractivity contribution is 0.255. The fourth-order valence-electron chi connectivity index (χ4n) is 1.29. The molecule has 0 rings (SSSR count). The molecule has 0 spiro atoms. The van der Waals surface area contributed by atoms with Gasteiger partial charge in [0.25, 0.3) is 0 Å². The van der Waals surface area contributed by atoms with Crippen molar-refractivity contribution in [3.63, 3.8) is 0 Å². The molecule has 4 N–H and O–H groups in total. The average Bonchev–Trinajstić information content (AvgIpc) is 2.14. The quantitative estimate of drug-likeness (QED) is 0.414. The topological polar surface area (TPSA) is 52.0 Å². The normalized spacial score (nSPS) is 18.1. The Balaban J connectivity index is 4.78. The van der Waals surface area contributed by atoms with Gasteiger partial charge in [-0.15, -0.1) is 6.58 Å². The van der Waals surface area contributed by atoms with Gasteiger partial charge in [-0.25, -0.2) is 4.39 Å². The van der Waals surface area contributed by atoms with Crippen LogP contribution in [0.5, 0.6) is 0 Å². The summed E-state index contributed by atoms with van der Waals surface area (Å²) in [4.78, 5) is 0. The highest BCUT2D eigenvalue weighted by Crippen LogP contribution is 2.19. The van der Waals surface area contributed by atoms with Crippen molar-refractivity contribution in [2.45, 2.75) is 26.1 Å². The first-order chi connectivity index (χ1) is 7.32. The summed E-state index contributed by atoms with van der Waals surface area (Å²) in [5, 5.41) is 0. The fourth-order valence-corrected chi connectivity index (χ4v) is 1.29. The van der Waals surface area contributed by atoms with Gasteiger partial charge in [0.2, 0.25) is 0 Å². The van der Waals surface area contributed by atoms with Gasteiger partial charge in [0.1, 0.15) is 0 Å². The zero-order valence-corrected chi connectivity index (χ0v) is 10.0. The number of alkyl halides is 1. The Labute approximate surface area is 97.2 Å². The Bertz CT molecular complexity index is 308. The summed E-state index contributed by atoms with van der Waals surface area (Å²) in [6.45, 7) is 10.4. The van der Waals surface area contributed by atoms with E-state index in [2.05, 4.69) is 13.2 Å². The largest absolute Gasteiger partial charge is 0.402 e. The molecule has 0 aliphatic heterocycles. The van der Waals surface area contributed by atoms with Gasteiger partial charge in [0.15, 0.2) is 5.79 Å². The van der Waals surface area contributed by atoms with E-state index in [0.717, 1.165) is 0 Å². The van der Waals surface area contributed by atoms with Crippen LogP contribution in [0.4, 0.5) is 4.39 Å². The van der Waals surface area contributed by atoms with E-state index in [1.165, 1.54) is 6.92 Å². The second kappa shape index (κ2) is 6.28. The highest BCUT2D eigenvalue weighted by atomic mass is 19.1. The van der Waals surface area contributed by atoms with Crippen molar-refractivity contribution in [2.24, 2.45) is 17.4 Å². The molecular weight excluding hydrogens is 203 g/mol. The number of hydrogen-bond donors (Lipinski definition) is 2. The lowest BCUT2D eigenvalue weighted by atomic mass is 9.98. The summed E-state index contributed by atoms with van der Waals surface area (Å²) in [6, 6.07) is 0. The Morgan fingerprint density at radius 1 is 1.56 bits per heavy atom.